The fourth-order valence-electron chi connectivity index (χ4n) is 4.08. The van der Waals surface area contributed by atoms with Crippen LogP contribution in [-0.2, 0) is 9.47 Å². The molecule has 0 aliphatic carbocycles. The van der Waals surface area contributed by atoms with Crippen molar-refractivity contribution in [3.63, 3.8) is 0 Å². The van der Waals surface area contributed by atoms with Crippen LogP contribution < -0.4 is 15.0 Å². The van der Waals surface area contributed by atoms with Crippen LogP contribution in [0.5, 0.6) is 11.5 Å². The van der Waals surface area contributed by atoms with Crippen LogP contribution in [0.4, 0.5) is 9.93 Å². The molecule has 1 fully saturated rings. The molecule has 2 heterocycles. The number of nitrogens with one attached hydrogen (secondary N) is 1. The molecule has 3 aromatic rings. The Balaban J connectivity index is 1.54. The van der Waals surface area contributed by atoms with Gasteiger partial charge in [-0.3, -0.25) is 0 Å². The van der Waals surface area contributed by atoms with Gasteiger partial charge in [0.2, 0.25) is 0 Å². The predicted molar refractivity (Wildman–Crippen MR) is 145 cm³/mol. The van der Waals surface area contributed by atoms with E-state index < -0.39 is 17.7 Å². The van der Waals surface area contributed by atoms with Gasteiger partial charge in [-0.2, -0.15) is 0 Å². The van der Waals surface area contributed by atoms with Crippen LogP contribution in [0.25, 0.3) is 11.3 Å². The lowest BCUT2D eigenvalue weighted by Gasteiger charge is -2.25. The van der Waals surface area contributed by atoms with Gasteiger partial charge in [-0.05, 0) is 76.9 Å². The zero-order chi connectivity index (χ0) is 26.4. The summed E-state index contributed by atoms with van der Waals surface area (Å²) in [6.45, 7) is 8.80. The molecule has 1 N–H and O–H groups in total. The monoisotopic (exact) mass is 523 g/mol. The number of nitrogens with zero attached hydrogens (tertiary/aromatic N) is 2. The quantitative estimate of drug-likeness (QED) is 0.348. The van der Waals surface area contributed by atoms with Gasteiger partial charge in [0.05, 0.1) is 12.3 Å². The van der Waals surface area contributed by atoms with E-state index in [0.29, 0.717) is 22.9 Å². The van der Waals surface area contributed by atoms with Gasteiger partial charge >= 0.3 is 12.1 Å². The number of aromatic nitrogens is 1. The molecule has 1 aromatic heterocycles. The molecule has 37 heavy (non-hydrogen) atoms. The van der Waals surface area contributed by atoms with E-state index in [2.05, 4.69) is 10.2 Å². The average molecular weight is 524 g/mol. The maximum Gasteiger partial charge on any atom is 0.407 e. The number of thiazole rings is 1. The summed E-state index contributed by atoms with van der Waals surface area (Å²) in [6, 6.07) is 17.1. The molecule has 1 saturated heterocycles. The molecule has 0 spiro atoms. The molecular weight excluding hydrogens is 490 g/mol. The van der Waals surface area contributed by atoms with E-state index in [-0.39, 0.29) is 12.6 Å². The Morgan fingerprint density at radius 2 is 1.78 bits per heavy atom. The van der Waals surface area contributed by atoms with Crippen LogP contribution in [0.1, 0.15) is 50.2 Å². The molecule has 1 aliphatic heterocycles. The fourth-order valence-corrected chi connectivity index (χ4v) is 5.16. The van der Waals surface area contributed by atoms with Crippen molar-refractivity contribution in [1.82, 2.24) is 10.3 Å². The highest BCUT2D eigenvalue weighted by molar-refractivity contribution is 7.18. The lowest BCUT2D eigenvalue weighted by Crippen LogP contribution is -2.42. The number of anilines is 1. The topological polar surface area (TPSA) is 90.0 Å². The lowest BCUT2D eigenvalue weighted by molar-refractivity contribution is 0.0517. The maximum atomic E-state index is 12.8. The van der Waals surface area contributed by atoms with Crippen molar-refractivity contribution in [1.29, 1.82) is 0 Å². The van der Waals surface area contributed by atoms with Crippen LogP contribution in [0.3, 0.4) is 0 Å². The molecule has 0 bridgehead atoms. The third-order valence-electron chi connectivity index (χ3n) is 5.69. The van der Waals surface area contributed by atoms with E-state index in [9.17, 15) is 9.59 Å². The Hall–Kier alpha value is -3.59. The van der Waals surface area contributed by atoms with Gasteiger partial charge in [0, 0.05) is 24.7 Å². The third-order valence-corrected chi connectivity index (χ3v) is 6.76. The second-order valence-corrected chi connectivity index (χ2v) is 10.7. The zero-order valence-corrected chi connectivity index (χ0v) is 22.5. The molecule has 8 nitrogen and oxygen atoms in total. The lowest BCUT2D eigenvalue weighted by atomic mass is 10.1. The summed E-state index contributed by atoms with van der Waals surface area (Å²) in [6.07, 6.45) is 1.44. The van der Waals surface area contributed by atoms with Crippen molar-refractivity contribution in [3.8, 4) is 22.8 Å². The van der Waals surface area contributed by atoms with Crippen molar-refractivity contribution in [3.05, 3.63) is 59.5 Å². The number of benzene rings is 2. The highest BCUT2D eigenvalue weighted by atomic mass is 32.1. The molecule has 196 valence electrons. The summed E-state index contributed by atoms with van der Waals surface area (Å²) in [5.74, 6) is 1.04. The second-order valence-electron chi connectivity index (χ2n) is 9.71. The van der Waals surface area contributed by atoms with E-state index >= 15 is 0 Å². The normalized spacial score (nSPS) is 15.4. The molecule has 2 aromatic carbocycles. The first kappa shape index (κ1) is 26.5. The van der Waals surface area contributed by atoms with E-state index in [4.69, 9.17) is 19.2 Å². The van der Waals surface area contributed by atoms with Crippen molar-refractivity contribution in [2.45, 2.75) is 52.2 Å². The van der Waals surface area contributed by atoms with Gasteiger partial charge < -0.3 is 24.4 Å². The van der Waals surface area contributed by atoms with Crippen LogP contribution in [0.15, 0.2) is 54.6 Å². The minimum atomic E-state index is -0.556. The molecule has 0 unspecified atom stereocenters. The number of esters is 1. The molecule has 1 amide bonds. The smallest absolute Gasteiger partial charge is 0.407 e. The summed E-state index contributed by atoms with van der Waals surface area (Å²) in [5, 5.41) is 3.60. The Labute approximate surface area is 221 Å². The first-order valence-corrected chi connectivity index (χ1v) is 13.3. The molecule has 1 aliphatic rings. The Bertz CT molecular complexity index is 1200. The highest BCUT2D eigenvalue weighted by Gasteiger charge is 2.31. The number of amides is 1. The first-order valence-electron chi connectivity index (χ1n) is 12.5. The van der Waals surface area contributed by atoms with Gasteiger partial charge in [0.15, 0.2) is 5.13 Å². The van der Waals surface area contributed by atoms with Gasteiger partial charge in [-0.25, -0.2) is 14.6 Å². The minimum absolute atomic E-state index is 0.0585. The summed E-state index contributed by atoms with van der Waals surface area (Å²) >= 11 is 1.32. The van der Waals surface area contributed by atoms with E-state index in [0.717, 1.165) is 35.8 Å². The molecular formula is C28H33N3O5S. The van der Waals surface area contributed by atoms with E-state index in [1.54, 1.807) is 6.92 Å². The van der Waals surface area contributed by atoms with Crippen LogP contribution >= 0.6 is 11.3 Å². The summed E-state index contributed by atoms with van der Waals surface area (Å²) < 4.78 is 16.6. The van der Waals surface area contributed by atoms with Crippen molar-refractivity contribution in [2.24, 2.45) is 0 Å². The predicted octanol–water partition coefficient (Wildman–Crippen LogP) is 6.27. The second kappa shape index (κ2) is 11.6. The number of ether oxygens (including phenoxy) is 3. The summed E-state index contributed by atoms with van der Waals surface area (Å²) in [7, 11) is 0. The average Bonchev–Trinajstić information content (AvgIpc) is 3.50. The Morgan fingerprint density at radius 3 is 2.46 bits per heavy atom. The van der Waals surface area contributed by atoms with Crippen molar-refractivity contribution in [2.75, 3.05) is 24.6 Å². The Kier molecular flexibility index (Phi) is 8.33. The molecule has 9 heteroatoms. The summed E-state index contributed by atoms with van der Waals surface area (Å²) in [5.41, 5.74) is 0.823. The number of carbonyl (C=O) groups is 2. The minimum Gasteiger partial charge on any atom is -0.462 e. The van der Waals surface area contributed by atoms with E-state index in [1.165, 1.54) is 11.3 Å². The largest absolute Gasteiger partial charge is 0.462 e. The van der Waals surface area contributed by atoms with E-state index in [1.807, 2.05) is 75.4 Å². The first-order chi connectivity index (χ1) is 17.7. The Morgan fingerprint density at radius 1 is 1.08 bits per heavy atom. The van der Waals surface area contributed by atoms with Crippen LogP contribution in [0, 0.1) is 0 Å². The number of alkyl carbamates (subject to hydrolysis) is 1. The number of rotatable bonds is 8. The fraction of sp³-hybridized carbons (Fsp3) is 0.393. The van der Waals surface area contributed by atoms with Crippen molar-refractivity contribution >= 4 is 28.5 Å². The molecule has 1 atom stereocenters. The number of hydrogen-bond acceptors (Lipinski definition) is 8. The molecule has 0 radical (unpaired) electrons. The number of hydrogen-bond donors (Lipinski definition) is 1. The maximum absolute atomic E-state index is 12.8. The van der Waals surface area contributed by atoms with Gasteiger partial charge in [0.25, 0.3) is 0 Å². The van der Waals surface area contributed by atoms with Crippen LogP contribution in [-0.4, -0.2) is 48.4 Å². The zero-order valence-electron chi connectivity index (χ0n) is 21.7. The highest BCUT2D eigenvalue weighted by Crippen LogP contribution is 2.37. The van der Waals surface area contributed by atoms with Gasteiger partial charge in [0.1, 0.15) is 22.0 Å². The summed E-state index contributed by atoms with van der Waals surface area (Å²) in [4.78, 5) is 32.5. The van der Waals surface area contributed by atoms with Gasteiger partial charge in [-0.15, -0.1) is 0 Å². The SMILES string of the molecule is CCOC(=O)c1sc(N2CCC[C@H]2CNC(=O)OC(C)(C)C)nc1-c1ccc(Oc2ccccc2)cc1. The standard InChI is InChI=1S/C28H33N3O5S/c1-5-34-25(32)24-23(19-13-15-22(16-14-19)35-21-11-7-6-8-12-21)30-26(37-24)31-17-9-10-20(31)18-29-27(33)36-28(2,3)4/h6-8,11-16,20H,5,9-10,17-18H2,1-4H3,(H,29,33)/t20-/m0/s1. The number of carbonyl (C=O) groups excluding carboxylic acids is 2. The van der Waals surface area contributed by atoms with Gasteiger partial charge in [-0.1, -0.05) is 29.5 Å². The van der Waals surface area contributed by atoms with Crippen molar-refractivity contribution < 1.29 is 23.8 Å². The third kappa shape index (κ3) is 7.01. The number of para-hydroxylation sites is 1. The molecule has 0 saturated carbocycles. The molecule has 4 rings (SSSR count). The van der Waals surface area contributed by atoms with Crippen LogP contribution in [0.2, 0.25) is 0 Å².